The topological polar surface area (TPSA) is 44.9 Å². The van der Waals surface area contributed by atoms with Gasteiger partial charge in [0.2, 0.25) is 5.91 Å². The van der Waals surface area contributed by atoms with Crippen LogP contribution in [0.5, 0.6) is 0 Å². The number of anilines is 1. The molecule has 1 atom stereocenters. The molecule has 1 aliphatic heterocycles. The Kier molecular flexibility index (Phi) is 2.08. The van der Waals surface area contributed by atoms with Gasteiger partial charge in [0.15, 0.2) is 0 Å². The van der Waals surface area contributed by atoms with Crippen LogP contribution in [-0.4, -0.2) is 10.9 Å². The molecule has 1 aromatic heterocycles. The SMILES string of the molecule is Cc1c[nH]c(C2C(=O)Nc3ccccc32)c1C. The van der Waals surface area contributed by atoms with Crippen molar-refractivity contribution in [1.29, 1.82) is 0 Å². The molecule has 2 aromatic rings. The van der Waals surface area contributed by atoms with E-state index in [4.69, 9.17) is 0 Å². The molecule has 0 saturated carbocycles. The zero-order chi connectivity index (χ0) is 12.0. The zero-order valence-corrected chi connectivity index (χ0v) is 9.87. The summed E-state index contributed by atoms with van der Waals surface area (Å²) < 4.78 is 0. The van der Waals surface area contributed by atoms with Crippen molar-refractivity contribution in [2.45, 2.75) is 19.8 Å². The molecule has 0 saturated heterocycles. The Bertz CT molecular complexity index is 598. The highest BCUT2D eigenvalue weighted by molar-refractivity contribution is 6.04. The number of para-hydroxylation sites is 1. The van der Waals surface area contributed by atoms with E-state index in [1.165, 1.54) is 11.1 Å². The van der Waals surface area contributed by atoms with Crippen LogP contribution in [-0.2, 0) is 4.79 Å². The normalized spacial score (nSPS) is 18.0. The fourth-order valence-electron chi connectivity index (χ4n) is 2.41. The predicted molar refractivity (Wildman–Crippen MR) is 67.2 cm³/mol. The van der Waals surface area contributed by atoms with Crippen molar-refractivity contribution >= 4 is 11.6 Å². The highest BCUT2D eigenvalue weighted by Gasteiger charge is 2.33. The van der Waals surface area contributed by atoms with E-state index in [9.17, 15) is 4.79 Å². The Balaban J connectivity index is 2.16. The van der Waals surface area contributed by atoms with Crippen LogP contribution in [0, 0.1) is 13.8 Å². The summed E-state index contributed by atoms with van der Waals surface area (Å²) in [6, 6.07) is 7.86. The zero-order valence-electron chi connectivity index (χ0n) is 9.87. The summed E-state index contributed by atoms with van der Waals surface area (Å²) in [7, 11) is 0. The fraction of sp³-hybridized carbons (Fsp3) is 0.214. The number of rotatable bonds is 1. The lowest BCUT2D eigenvalue weighted by Crippen LogP contribution is -2.14. The fourth-order valence-corrected chi connectivity index (χ4v) is 2.41. The summed E-state index contributed by atoms with van der Waals surface area (Å²) in [5.41, 5.74) is 5.35. The van der Waals surface area contributed by atoms with E-state index in [0.29, 0.717) is 0 Å². The Morgan fingerprint density at radius 3 is 2.65 bits per heavy atom. The molecule has 1 amide bonds. The molecule has 2 N–H and O–H groups in total. The van der Waals surface area contributed by atoms with Crippen LogP contribution in [0.4, 0.5) is 5.69 Å². The third-order valence-electron chi connectivity index (χ3n) is 3.52. The van der Waals surface area contributed by atoms with E-state index >= 15 is 0 Å². The van der Waals surface area contributed by atoms with Gasteiger partial charge >= 0.3 is 0 Å². The predicted octanol–water partition coefficient (Wildman–Crippen LogP) is 2.72. The Labute approximate surface area is 99.9 Å². The Hall–Kier alpha value is -2.03. The van der Waals surface area contributed by atoms with Gasteiger partial charge in [0.1, 0.15) is 5.92 Å². The van der Waals surface area contributed by atoms with Crippen molar-refractivity contribution in [3.8, 4) is 0 Å². The third-order valence-corrected chi connectivity index (χ3v) is 3.52. The first-order chi connectivity index (χ1) is 8.18. The van der Waals surface area contributed by atoms with Gasteiger partial charge in [0.05, 0.1) is 0 Å². The lowest BCUT2D eigenvalue weighted by atomic mass is 9.94. The average Bonchev–Trinajstić information content (AvgIpc) is 2.80. The molecule has 0 spiro atoms. The first-order valence-electron chi connectivity index (χ1n) is 5.72. The summed E-state index contributed by atoms with van der Waals surface area (Å²) in [5, 5.41) is 2.92. The smallest absolute Gasteiger partial charge is 0.238 e. The summed E-state index contributed by atoms with van der Waals surface area (Å²) in [6.45, 7) is 4.10. The van der Waals surface area contributed by atoms with Crippen molar-refractivity contribution in [3.63, 3.8) is 0 Å². The summed E-state index contributed by atoms with van der Waals surface area (Å²) in [4.78, 5) is 15.3. The third kappa shape index (κ3) is 1.39. The molecule has 1 aromatic carbocycles. The van der Waals surface area contributed by atoms with Crippen molar-refractivity contribution in [2.24, 2.45) is 0 Å². The van der Waals surface area contributed by atoms with Gasteiger partial charge in [-0.2, -0.15) is 0 Å². The Morgan fingerprint density at radius 2 is 1.94 bits per heavy atom. The number of amides is 1. The maximum atomic E-state index is 12.1. The maximum Gasteiger partial charge on any atom is 0.238 e. The van der Waals surface area contributed by atoms with Gasteiger partial charge in [0.25, 0.3) is 0 Å². The number of aromatic amines is 1. The second kappa shape index (κ2) is 3.48. The quantitative estimate of drug-likeness (QED) is 0.771. The molecule has 0 fully saturated rings. The minimum atomic E-state index is -0.195. The first kappa shape index (κ1) is 10.1. The number of aromatic nitrogens is 1. The van der Waals surface area contributed by atoms with Crippen molar-refractivity contribution in [2.75, 3.05) is 5.32 Å². The lowest BCUT2D eigenvalue weighted by molar-refractivity contribution is -0.116. The summed E-state index contributed by atoms with van der Waals surface area (Å²) in [5.74, 6) is -0.143. The lowest BCUT2D eigenvalue weighted by Gasteiger charge is -2.08. The number of fused-ring (bicyclic) bond motifs is 1. The molecule has 3 nitrogen and oxygen atoms in total. The summed E-state index contributed by atoms with van der Waals surface area (Å²) in [6.07, 6.45) is 1.96. The van der Waals surface area contributed by atoms with Crippen LogP contribution in [0.1, 0.15) is 28.3 Å². The van der Waals surface area contributed by atoms with Gasteiger partial charge < -0.3 is 10.3 Å². The van der Waals surface area contributed by atoms with Gasteiger partial charge in [-0.1, -0.05) is 18.2 Å². The van der Waals surface area contributed by atoms with Crippen LogP contribution in [0.2, 0.25) is 0 Å². The maximum absolute atomic E-state index is 12.1. The molecule has 1 aliphatic rings. The van der Waals surface area contributed by atoms with Crippen LogP contribution < -0.4 is 5.32 Å². The number of H-pyrrole nitrogens is 1. The Morgan fingerprint density at radius 1 is 1.18 bits per heavy atom. The van der Waals surface area contributed by atoms with Crippen LogP contribution >= 0.6 is 0 Å². The van der Waals surface area contributed by atoms with Gasteiger partial charge in [-0.25, -0.2) is 0 Å². The van der Waals surface area contributed by atoms with Gasteiger partial charge in [-0.3, -0.25) is 4.79 Å². The largest absolute Gasteiger partial charge is 0.364 e. The molecular formula is C14H14N2O. The second-order valence-corrected chi connectivity index (χ2v) is 4.52. The molecule has 17 heavy (non-hydrogen) atoms. The number of aryl methyl sites for hydroxylation is 1. The standard InChI is InChI=1S/C14H14N2O/c1-8-7-15-13(9(8)2)12-10-5-3-4-6-11(10)16-14(12)17/h3-7,12,15H,1-2H3,(H,16,17). The van der Waals surface area contributed by atoms with Gasteiger partial charge in [-0.05, 0) is 36.6 Å². The van der Waals surface area contributed by atoms with Crippen molar-refractivity contribution in [3.05, 3.63) is 52.8 Å². The molecule has 1 unspecified atom stereocenters. The van der Waals surface area contributed by atoms with Crippen LogP contribution in [0.15, 0.2) is 30.5 Å². The number of carbonyl (C=O) groups is 1. The van der Waals surface area contributed by atoms with Crippen LogP contribution in [0.3, 0.4) is 0 Å². The van der Waals surface area contributed by atoms with E-state index in [1.807, 2.05) is 37.4 Å². The molecular weight excluding hydrogens is 212 g/mol. The molecule has 0 bridgehead atoms. The molecule has 0 radical (unpaired) electrons. The van der Waals surface area contributed by atoms with E-state index < -0.39 is 0 Å². The average molecular weight is 226 g/mol. The molecule has 86 valence electrons. The summed E-state index contributed by atoms with van der Waals surface area (Å²) >= 11 is 0. The van der Waals surface area contributed by atoms with Crippen molar-refractivity contribution in [1.82, 2.24) is 4.98 Å². The van der Waals surface area contributed by atoms with E-state index in [-0.39, 0.29) is 11.8 Å². The number of nitrogens with one attached hydrogen (secondary N) is 2. The van der Waals surface area contributed by atoms with E-state index in [1.54, 1.807) is 0 Å². The van der Waals surface area contributed by atoms with Gasteiger partial charge in [0, 0.05) is 17.6 Å². The van der Waals surface area contributed by atoms with E-state index in [0.717, 1.165) is 16.9 Å². The number of hydrogen-bond donors (Lipinski definition) is 2. The van der Waals surface area contributed by atoms with E-state index in [2.05, 4.69) is 17.2 Å². The molecule has 3 rings (SSSR count). The monoisotopic (exact) mass is 226 g/mol. The highest BCUT2D eigenvalue weighted by Crippen LogP contribution is 2.37. The highest BCUT2D eigenvalue weighted by atomic mass is 16.2. The molecule has 3 heteroatoms. The number of benzene rings is 1. The molecule has 2 heterocycles. The molecule has 0 aliphatic carbocycles. The second-order valence-electron chi connectivity index (χ2n) is 4.52. The van der Waals surface area contributed by atoms with Crippen LogP contribution in [0.25, 0.3) is 0 Å². The minimum absolute atomic E-state index is 0.0520. The minimum Gasteiger partial charge on any atom is -0.364 e. The van der Waals surface area contributed by atoms with Gasteiger partial charge in [-0.15, -0.1) is 0 Å². The first-order valence-corrected chi connectivity index (χ1v) is 5.72. The number of carbonyl (C=O) groups excluding carboxylic acids is 1. The van der Waals surface area contributed by atoms with Crippen molar-refractivity contribution < 1.29 is 4.79 Å². The number of hydrogen-bond acceptors (Lipinski definition) is 1.